The van der Waals surface area contributed by atoms with Gasteiger partial charge in [-0.15, -0.1) is 0 Å². The lowest BCUT2D eigenvalue weighted by molar-refractivity contribution is -0.137. The smallest absolute Gasteiger partial charge is 0.417 e. The number of carbonyl (C=O) groups is 3. The van der Waals surface area contributed by atoms with Crippen LogP contribution in [-0.2, 0) is 30.2 Å². The number of furan rings is 1. The zero-order chi connectivity index (χ0) is 30.1. The summed E-state index contributed by atoms with van der Waals surface area (Å²) in [5.74, 6) is -0.974. The second-order valence-corrected chi connectivity index (χ2v) is 10.0. The van der Waals surface area contributed by atoms with Crippen LogP contribution >= 0.6 is 0 Å². The van der Waals surface area contributed by atoms with E-state index in [0.29, 0.717) is 38.4 Å². The van der Waals surface area contributed by atoms with Crippen molar-refractivity contribution in [2.45, 2.75) is 44.9 Å². The number of aliphatic hydroxyl groups excluding tert-OH is 1. The van der Waals surface area contributed by atoms with Gasteiger partial charge in [0.05, 0.1) is 32.5 Å². The van der Waals surface area contributed by atoms with Crippen LogP contribution in [0.5, 0.6) is 0 Å². The number of hydrogen-bond acceptors (Lipinski definition) is 9. The van der Waals surface area contributed by atoms with Gasteiger partial charge in [0.15, 0.2) is 5.76 Å². The Hall–Kier alpha value is -3.83. The topological polar surface area (TPSA) is 125 Å². The molecule has 1 saturated heterocycles. The fourth-order valence-electron chi connectivity index (χ4n) is 4.94. The molecule has 0 bridgehead atoms. The number of aryl methyl sites for hydroxylation is 2. The third-order valence-corrected chi connectivity index (χ3v) is 7.01. The lowest BCUT2D eigenvalue weighted by atomic mass is 10.0. The van der Waals surface area contributed by atoms with Crippen LogP contribution in [0.3, 0.4) is 0 Å². The van der Waals surface area contributed by atoms with Gasteiger partial charge in [0.2, 0.25) is 11.9 Å². The molecule has 2 aromatic carbocycles. The SMILES string of the molecule is CO[C@H](C(=O)c1cc(-c2cccc(C)c2)c(CCCOCCOCCO)o1)C(=O)N1C(=O)O[C@@H](c2ccccc2)[C@H]1C. The van der Waals surface area contributed by atoms with Crippen molar-refractivity contribution >= 4 is 17.8 Å². The molecule has 0 spiro atoms. The molecule has 3 atom stereocenters. The van der Waals surface area contributed by atoms with E-state index in [2.05, 4.69) is 0 Å². The summed E-state index contributed by atoms with van der Waals surface area (Å²) in [4.78, 5) is 40.9. The van der Waals surface area contributed by atoms with Crippen molar-refractivity contribution in [1.29, 1.82) is 0 Å². The van der Waals surface area contributed by atoms with Gasteiger partial charge in [-0.1, -0.05) is 60.2 Å². The van der Waals surface area contributed by atoms with Gasteiger partial charge in [0, 0.05) is 25.7 Å². The van der Waals surface area contributed by atoms with E-state index in [-0.39, 0.29) is 19.0 Å². The molecule has 1 aliphatic heterocycles. The van der Waals surface area contributed by atoms with Crippen molar-refractivity contribution in [2.75, 3.05) is 40.1 Å². The summed E-state index contributed by atoms with van der Waals surface area (Å²) in [6.07, 6.45) is -2.00. The first-order chi connectivity index (χ1) is 20.3. The number of aliphatic hydroxyl groups is 1. The minimum atomic E-state index is -1.60. The largest absolute Gasteiger partial charge is 0.457 e. The zero-order valence-corrected chi connectivity index (χ0v) is 24.1. The Morgan fingerprint density at radius 1 is 1.00 bits per heavy atom. The zero-order valence-electron chi connectivity index (χ0n) is 24.1. The van der Waals surface area contributed by atoms with Gasteiger partial charge in [-0.3, -0.25) is 9.59 Å². The van der Waals surface area contributed by atoms with Crippen LogP contribution in [0.1, 0.15) is 46.9 Å². The number of hydrogen-bond donors (Lipinski definition) is 1. The molecule has 0 unspecified atom stereocenters. The van der Waals surface area contributed by atoms with Gasteiger partial charge in [0.25, 0.3) is 5.91 Å². The molecule has 1 aromatic heterocycles. The third kappa shape index (κ3) is 7.32. The van der Waals surface area contributed by atoms with Crippen LogP contribution in [0.15, 0.2) is 65.1 Å². The fraction of sp³-hybridized carbons (Fsp3) is 0.406. The van der Waals surface area contributed by atoms with Crippen LogP contribution in [0.2, 0.25) is 0 Å². The van der Waals surface area contributed by atoms with Crippen LogP contribution in [-0.4, -0.2) is 80.1 Å². The normalized spacial score (nSPS) is 17.3. The molecule has 10 nitrogen and oxygen atoms in total. The molecule has 0 aliphatic carbocycles. The highest BCUT2D eigenvalue weighted by atomic mass is 16.6. The number of benzene rings is 2. The lowest BCUT2D eigenvalue weighted by Gasteiger charge is -2.22. The Labute approximate surface area is 245 Å². The highest BCUT2D eigenvalue weighted by Gasteiger charge is 2.47. The number of imide groups is 1. The summed E-state index contributed by atoms with van der Waals surface area (Å²) in [5.41, 5.74) is 3.38. The molecule has 3 aromatic rings. The molecule has 0 saturated carbocycles. The summed E-state index contributed by atoms with van der Waals surface area (Å²) >= 11 is 0. The number of cyclic esters (lactones) is 1. The van der Waals surface area contributed by atoms with Gasteiger partial charge in [0.1, 0.15) is 11.9 Å². The Morgan fingerprint density at radius 2 is 1.74 bits per heavy atom. The molecule has 0 radical (unpaired) electrons. The molecule has 10 heteroatoms. The summed E-state index contributed by atoms with van der Waals surface area (Å²) in [7, 11) is 1.24. The van der Waals surface area contributed by atoms with E-state index < -0.39 is 36.0 Å². The van der Waals surface area contributed by atoms with Gasteiger partial charge < -0.3 is 28.5 Å². The van der Waals surface area contributed by atoms with Gasteiger partial charge in [-0.2, -0.15) is 0 Å². The summed E-state index contributed by atoms with van der Waals surface area (Å²) in [6.45, 7) is 5.12. The van der Waals surface area contributed by atoms with E-state index >= 15 is 0 Å². The predicted octanol–water partition coefficient (Wildman–Crippen LogP) is 4.52. The second-order valence-electron chi connectivity index (χ2n) is 10.0. The Bertz CT molecular complexity index is 1350. The highest BCUT2D eigenvalue weighted by molar-refractivity contribution is 6.14. The van der Waals surface area contributed by atoms with Crippen LogP contribution in [0.4, 0.5) is 4.79 Å². The summed E-state index contributed by atoms with van der Waals surface area (Å²) in [6, 6.07) is 17.9. The monoisotopic (exact) mass is 579 g/mol. The number of nitrogens with zero attached hydrogens (tertiary/aromatic N) is 1. The standard InChI is InChI=1S/C32H37NO9/c1-21-9-7-12-24(19-21)25-20-27(41-26(25)13-8-15-39-17-18-40-16-14-34)28(35)30(38-3)31(36)33-22(2)29(42-32(33)37)23-10-5-4-6-11-23/h4-7,9-12,19-20,22,29-30,34H,8,13-18H2,1-3H3/t22-,29-,30-/m1/s1. The van der Waals surface area contributed by atoms with Gasteiger partial charge >= 0.3 is 6.09 Å². The van der Waals surface area contributed by atoms with Crippen LogP contribution < -0.4 is 0 Å². The molecule has 4 rings (SSSR count). The second kappa shape index (κ2) is 14.9. The molecule has 42 heavy (non-hydrogen) atoms. The van der Waals surface area contributed by atoms with Crippen LogP contribution in [0, 0.1) is 6.92 Å². The van der Waals surface area contributed by atoms with Crippen molar-refractivity contribution in [2.24, 2.45) is 0 Å². The van der Waals surface area contributed by atoms with Gasteiger partial charge in [-0.25, -0.2) is 9.69 Å². The third-order valence-electron chi connectivity index (χ3n) is 7.01. The number of ether oxygens (including phenoxy) is 4. The first-order valence-electron chi connectivity index (χ1n) is 14.0. The quantitative estimate of drug-likeness (QED) is 0.157. The minimum absolute atomic E-state index is 0.0356. The Morgan fingerprint density at radius 3 is 2.43 bits per heavy atom. The van der Waals surface area contributed by atoms with Crippen molar-refractivity contribution in [3.63, 3.8) is 0 Å². The molecule has 2 heterocycles. The lowest BCUT2D eigenvalue weighted by Crippen LogP contribution is -2.47. The van der Waals surface area contributed by atoms with Crippen LogP contribution in [0.25, 0.3) is 11.1 Å². The van der Waals surface area contributed by atoms with E-state index in [1.165, 1.54) is 7.11 Å². The molecule has 224 valence electrons. The van der Waals surface area contributed by atoms with E-state index in [9.17, 15) is 14.4 Å². The maximum Gasteiger partial charge on any atom is 0.417 e. The number of Topliss-reactive ketones (excluding diaryl/α,β-unsaturated/α-hetero) is 1. The molecule has 1 aliphatic rings. The van der Waals surface area contributed by atoms with E-state index in [4.69, 9.17) is 28.5 Å². The number of carbonyl (C=O) groups excluding carboxylic acids is 3. The number of rotatable bonds is 15. The summed E-state index contributed by atoms with van der Waals surface area (Å²) < 4.78 is 27.7. The maximum atomic E-state index is 13.6. The van der Waals surface area contributed by atoms with Crippen molar-refractivity contribution < 1.29 is 42.9 Å². The summed E-state index contributed by atoms with van der Waals surface area (Å²) in [5, 5.41) is 8.77. The first kappa shape index (κ1) is 31.1. The Kier molecular flexibility index (Phi) is 11.0. The number of methoxy groups -OCH3 is 1. The van der Waals surface area contributed by atoms with Crippen molar-refractivity contribution in [3.8, 4) is 11.1 Å². The van der Waals surface area contributed by atoms with Crippen molar-refractivity contribution in [3.05, 3.63) is 83.3 Å². The van der Waals surface area contributed by atoms with Crippen molar-refractivity contribution in [1.82, 2.24) is 4.90 Å². The molecule has 1 N–H and O–H groups in total. The average molecular weight is 580 g/mol. The average Bonchev–Trinajstić information content (AvgIpc) is 3.55. The molecule has 1 fully saturated rings. The minimum Gasteiger partial charge on any atom is -0.457 e. The fourth-order valence-corrected chi connectivity index (χ4v) is 4.94. The number of ketones is 1. The maximum absolute atomic E-state index is 13.6. The number of amides is 2. The van der Waals surface area contributed by atoms with E-state index in [1.54, 1.807) is 13.0 Å². The Balaban J connectivity index is 1.51. The van der Waals surface area contributed by atoms with E-state index in [0.717, 1.165) is 27.2 Å². The molecular formula is C32H37NO9. The first-order valence-corrected chi connectivity index (χ1v) is 14.0. The molecule has 2 amide bonds. The van der Waals surface area contributed by atoms with E-state index in [1.807, 2.05) is 61.5 Å². The van der Waals surface area contributed by atoms with Gasteiger partial charge in [-0.05, 0) is 37.5 Å². The predicted molar refractivity (Wildman–Crippen MR) is 153 cm³/mol. The molecular weight excluding hydrogens is 542 g/mol. The highest BCUT2D eigenvalue weighted by Crippen LogP contribution is 2.34.